The topological polar surface area (TPSA) is 59.6 Å². The maximum absolute atomic E-state index is 12.9. The minimum Gasteiger partial charge on any atom is -0.492 e. The molecule has 31 heavy (non-hydrogen) atoms. The average Bonchev–Trinajstić information content (AvgIpc) is 2.77. The summed E-state index contributed by atoms with van der Waals surface area (Å²) in [4.78, 5) is 12.9. The molecule has 2 N–H and O–H groups in total. The molecule has 0 radical (unpaired) electrons. The van der Waals surface area contributed by atoms with Gasteiger partial charge in [-0.25, -0.2) is 0 Å². The largest absolute Gasteiger partial charge is 0.492 e. The molecular formula is C24H23BrN2O3S. The van der Waals surface area contributed by atoms with E-state index in [2.05, 4.69) is 26.6 Å². The highest BCUT2D eigenvalue weighted by Gasteiger charge is 2.16. The van der Waals surface area contributed by atoms with Crippen molar-refractivity contribution < 1.29 is 14.3 Å². The molecule has 0 spiro atoms. The van der Waals surface area contributed by atoms with Crippen LogP contribution in [0.25, 0.3) is 0 Å². The summed E-state index contributed by atoms with van der Waals surface area (Å²) in [7, 11) is 0. The molecule has 3 aromatic rings. The first kappa shape index (κ1) is 22.8. The summed E-state index contributed by atoms with van der Waals surface area (Å²) >= 11 is 8.75. The third kappa shape index (κ3) is 6.80. The number of halogens is 1. The van der Waals surface area contributed by atoms with E-state index in [0.29, 0.717) is 36.0 Å². The molecule has 0 heterocycles. The van der Waals surface area contributed by atoms with Crippen molar-refractivity contribution >= 4 is 44.9 Å². The molecule has 0 saturated heterocycles. The predicted molar refractivity (Wildman–Crippen MR) is 131 cm³/mol. The smallest absolute Gasteiger partial charge is 0.261 e. The fourth-order valence-corrected chi connectivity index (χ4v) is 3.47. The number of nitrogens with one attached hydrogen (secondary N) is 2. The van der Waals surface area contributed by atoms with Crippen LogP contribution in [0.1, 0.15) is 22.8 Å². The number of carbonyl (C=O) groups excluding carboxylic acids is 1. The molecule has 0 aliphatic rings. The van der Waals surface area contributed by atoms with Crippen molar-refractivity contribution in [1.29, 1.82) is 0 Å². The minimum atomic E-state index is -0.359. The highest BCUT2D eigenvalue weighted by Crippen LogP contribution is 2.25. The summed E-state index contributed by atoms with van der Waals surface area (Å²) in [6.07, 6.45) is 0.742. The van der Waals surface area contributed by atoms with Crippen LogP contribution in [0, 0.1) is 0 Å². The van der Waals surface area contributed by atoms with Crippen LogP contribution in [0.5, 0.6) is 11.5 Å². The number of carbonyl (C=O) groups is 1. The van der Waals surface area contributed by atoms with Gasteiger partial charge in [0.25, 0.3) is 5.91 Å². The Balaban J connectivity index is 1.65. The van der Waals surface area contributed by atoms with Gasteiger partial charge in [0.2, 0.25) is 0 Å². The maximum atomic E-state index is 12.9. The van der Waals surface area contributed by atoms with Gasteiger partial charge >= 0.3 is 0 Å². The molecule has 0 unspecified atom stereocenters. The van der Waals surface area contributed by atoms with Crippen molar-refractivity contribution in [3.63, 3.8) is 0 Å². The van der Waals surface area contributed by atoms with Crippen molar-refractivity contribution in [2.45, 2.75) is 13.3 Å². The normalized spacial score (nSPS) is 10.3. The van der Waals surface area contributed by atoms with E-state index in [0.717, 1.165) is 10.9 Å². The Kier molecular flexibility index (Phi) is 8.44. The molecule has 0 aliphatic heterocycles. The molecule has 0 atom stereocenters. The molecule has 7 heteroatoms. The first-order chi connectivity index (χ1) is 15.1. The SMILES string of the molecule is CCOc1ccccc1NC(=S)NC(=O)c1cc(Br)ccc1OCCc1ccccc1. The number of benzene rings is 3. The van der Waals surface area contributed by atoms with E-state index in [-0.39, 0.29) is 11.0 Å². The Labute approximate surface area is 195 Å². The highest BCUT2D eigenvalue weighted by molar-refractivity contribution is 9.10. The van der Waals surface area contributed by atoms with Crippen LogP contribution in [0.15, 0.2) is 77.3 Å². The van der Waals surface area contributed by atoms with E-state index in [1.54, 1.807) is 12.1 Å². The number of ether oxygens (including phenoxy) is 2. The van der Waals surface area contributed by atoms with Gasteiger partial charge in [-0.3, -0.25) is 10.1 Å². The van der Waals surface area contributed by atoms with Gasteiger partial charge in [0.05, 0.1) is 24.5 Å². The summed E-state index contributed by atoms with van der Waals surface area (Å²) in [5, 5.41) is 5.90. The van der Waals surface area contributed by atoms with E-state index < -0.39 is 0 Å². The van der Waals surface area contributed by atoms with Crippen LogP contribution in [0.3, 0.4) is 0 Å². The number of rotatable bonds is 8. The Bertz CT molecular complexity index is 1040. The summed E-state index contributed by atoms with van der Waals surface area (Å²) in [6, 6.07) is 22.8. The van der Waals surface area contributed by atoms with Crippen molar-refractivity contribution in [2.24, 2.45) is 0 Å². The van der Waals surface area contributed by atoms with Crippen LogP contribution < -0.4 is 20.1 Å². The summed E-state index contributed by atoms with van der Waals surface area (Å²) in [6.45, 7) is 2.89. The zero-order valence-corrected chi connectivity index (χ0v) is 19.5. The second-order valence-corrected chi connectivity index (χ2v) is 7.89. The van der Waals surface area contributed by atoms with Crippen molar-refractivity contribution in [3.8, 4) is 11.5 Å². The molecule has 0 aromatic heterocycles. The van der Waals surface area contributed by atoms with E-state index in [1.165, 1.54) is 5.56 Å². The van der Waals surface area contributed by atoms with Gasteiger partial charge in [-0.05, 0) is 55.0 Å². The number of hydrogen-bond acceptors (Lipinski definition) is 4. The van der Waals surface area contributed by atoms with Gasteiger partial charge < -0.3 is 14.8 Å². The molecule has 3 rings (SSSR count). The van der Waals surface area contributed by atoms with Crippen LogP contribution in [-0.2, 0) is 6.42 Å². The van der Waals surface area contributed by atoms with Crippen LogP contribution in [0.4, 0.5) is 5.69 Å². The summed E-state index contributed by atoms with van der Waals surface area (Å²) in [5.74, 6) is 0.797. The lowest BCUT2D eigenvalue weighted by Crippen LogP contribution is -2.34. The molecule has 0 fully saturated rings. The average molecular weight is 499 g/mol. The number of hydrogen-bond donors (Lipinski definition) is 2. The first-order valence-corrected chi connectivity index (χ1v) is 11.1. The number of para-hydroxylation sites is 2. The highest BCUT2D eigenvalue weighted by atomic mass is 79.9. The molecule has 1 amide bonds. The van der Waals surface area contributed by atoms with Gasteiger partial charge in [-0.15, -0.1) is 0 Å². The quantitative estimate of drug-likeness (QED) is 0.396. The van der Waals surface area contributed by atoms with Gasteiger partial charge in [0.15, 0.2) is 5.11 Å². The van der Waals surface area contributed by atoms with E-state index in [1.807, 2.05) is 67.6 Å². The third-order valence-corrected chi connectivity index (χ3v) is 5.04. The molecule has 3 aromatic carbocycles. The summed E-state index contributed by atoms with van der Waals surface area (Å²) < 4.78 is 12.3. The lowest BCUT2D eigenvalue weighted by Gasteiger charge is -2.15. The maximum Gasteiger partial charge on any atom is 0.261 e. The standard InChI is InChI=1S/C24H23BrN2O3S/c1-2-29-22-11-7-6-10-20(22)26-24(31)27-23(28)19-16-18(25)12-13-21(19)30-15-14-17-8-4-3-5-9-17/h3-13,16H,2,14-15H2,1H3,(H2,26,27,28,31). The summed E-state index contributed by atoms with van der Waals surface area (Å²) in [5.41, 5.74) is 2.25. The van der Waals surface area contributed by atoms with E-state index >= 15 is 0 Å². The minimum absolute atomic E-state index is 0.173. The third-order valence-electron chi connectivity index (χ3n) is 4.34. The fourth-order valence-electron chi connectivity index (χ4n) is 2.90. The fraction of sp³-hybridized carbons (Fsp3) is 0.167. The Hall–Kier alpha value is -2.90. The predicted octanol–water partition coefficient (Wildman–Crippen LogP) is 5.60. The zero-order valence-electron chi connectivity index (χ0n) is 17.1. The van der Waals surface area contributed by atoms with Crippen LogP contribution in [-0.4, -0.2) is 24.2 Å². The molecule has 0 aliphatic carbocycles. The Morgan fingerprint density at radius 1 is 0.968 bits per heavy atom. The number of amides is 1. The lowest BCUT2D eigenvalue weighted by atomic mass is 10.1. The molecule has 160 valence electrons. The van der Waals surface area contributed by atoms with Crippen molar-refractivity contribution in [1.82, 2.24) is 5.32 Å². The number of anilines is 1. The number of thiocarbonyl (C=S) groups is 1. The van der Waals surface area contributed by atoms with Gasteiger partial charge in [-0.2, -0.15) is 0 Å². The van der Waals surface area contributed by atoms with Crippen molar-refractivity contribution in [2.75, 3.05) is 18.5 Å². The Morgan fingerprint density at radius 2 is 1.71 bits per heavy atom. The zero-order chi connectivity index (χ0) is 22.1. The van der Waals surface area contributed by atoms with Gasteiger partial charge in [0.1, 0.15) is 11.5 Å². The monoisotopic (exact) mass is 498 g/mol. The lowest BCUT2D eigenvalue weighted by molar-refractivity contribution is 0.0973. The molecule has 0 saturated carbocycles. The van der Waals surface area contributed by atoms with E-state index in [4.69, 9.17) is 21.7 Å². The Morgan fingerprint density at radius 3 is 2.48 bits per heavy atom. The first-order valence-electron chi connectivity index (χ1n) is 9.87. The molecule has 0 bridgehead atoms. The van der Waals surface area contributed by atoms with E-state index in [9.17, 15) is 4.79 Å². The van der Waals surface area contributed by atoms with Crippen molar-refractivity contribution in [3.05, 3.63) is 88.4 Å². The molecular weight excluding hydrogens is 476 g/mol. The second kappa shape index (κ2) is 11.5. The second-order valence-electron chi connectivity index (χ2n) is 6.56. The van der Waals surface area contributed by atoms with Crippen LogP contribution >= 0.6 is 28.1 Å². The van der Waals surface area contributed by atoms with Gasteiger partial charge in [0, 0.05) is 10.9 Å². The van der Waals surface area contributed by atoms with Crippen LogP contribution in [0.2, 0.25) is 0 Å². The molecule has 5 nitrogen and oxygen atoms in total. The van der Waals surface area contributed by atoms with Gasteiger partial charge in [-0.1, -0.05) is 58.4 Å².